The molecule has 0 bridgehead atoms. The van der Waals surface area contributed by atoms with E-state index in [0.29, 0.717) is 27.3 Å². The van der Waals surface area contributed by atoms with Gasteiger partial charge in [0.25, 0.3) is 5.56 Å². The molecule has 0 fully saturated rings. The lowest BCUT2D eigenvalue weighted by atomic mass is 10.1. The summed E-state index contributed by atoms with van der Waals surface area (Å²) < 4.78 is 1.60. The Labute approximate surface area is 202 Å². The van der Waals surface area contributed by atoms with E-state index in [-0.39, 0.29) is 17.2 Å². The Kier molecular flexibility index (Phi) is 6.65. The van der Waals surface area contributed by atoms with Crippen molar-refractivity contribution >= 4 is 40.0 Å². The van der Waals surface area contributed by atoms with Gasteiger partial charge in [-0.1, -0.05) is 36.0 Å². The van der Waals surface area contributed by atoms with Crippen molar-refractivity contribution in [3.8, 4) is 5.69 Å². The highest BCUT2D eigenvalue weighted by atomic mass is 32.2. The Bertz CT molecular complexity index is 1460. The van der Waals surface area contributed by atoms with Crippen LogP contribution >= 0.6 is 11.8 Å². The number of benzene rings is 3. The average Bonchev–Trinajstić information content (AvgIpc) is 2.81. The van der Waals surface area contributed by atoms with Crippen molar-refractivity contribution in [2.75, 3.05) is 5.32 Å². The van der Waals surface area contributed by atoms with E-state index in [2.05, 4.69) is 5.32 Å². The van der Waals surface area contributed by atoms with Gasteiger partial charge in [0.1, 0.15) is 0 Å². The molecule has 1 N–H and O–H groups in total. The second-order valence-electron chi connectivity index (χ2n) is 8.22. The van der Waals surface area contributed by atoms with E-state index >= 15 is 0 Å². The number of hydrogen-bond donors (Lipinski definition) is 1. The number of aryl methyl sites for hydroxylation is 2. The van der Waals surface area contributed by atoms with Crippen LogP contribution in [0.1, 0.15) is 35.3 Å². The molecule has 4 aromatic rings. The van der Waals surface area contributed by atoms with Crippen molar-refractivity contribution in [1.29, 1.82) is 0 Å². The van der Waals surface area contributed by atoms with Crippen LogP contribution in [0.4, 0.5) is 5.69 Å². The molecule has 4 rings (SSSR count). The van der Waals surface area contributed by atoms with E-state index in [0.717, 1.165) is 16.8 Å². The first-order valence-corrected chi connectivity index (χ1v) is 11.8. The first-order chi connectivity index (χ1) is 16.2. The minimum Gasteiger partial charge on any atom is -0.325 e. The normalized spacial score (nSPS) is 11.9. The van der Waals surface area contributed by atoms with Crippen molar-refractivity contribution in [2.24, 2.45) is 0 Å². The molecule has 172 valence electrons. The van der Waals surface area contributed by atoms with Crippen LogP contribution in [0.5, 0.6) is 0 Å². The highest BCUT2D eigenvalue weighted by Crippen LogP contribution is 2.27. The summed E-state index contributed by atoms with van der Waals surface area (Å²) in [6.07, 6.45) is 0. The van der Waals surface area contributed by atoms with Crippen LogP contribution in [0.25, 0.3) is 16.6 Å². The van der Waals surface area contributed by atoms with Crippen molar-refractivity contribution in [1.82, 2.24) is 9.55 Å². The lowest BCUT2D eigenvalue weighted by Crippen LogP contribution is -2.26. The monoisotopic (exact) mass is 471 g/mol. The lowest BCUT2D eigenvalue weighted by molar-refractivity contribution is -0.115. The van der Waals surface area contributed by atoms with Gasteiger partial charge in [-0.2, -0.15) is 0 Å². The molecule has 0 saturated heterocycles. The molecule has 1 aromatic heterocycles. The van der Waals surface area contributed by atoms with Crippen LogP contribution in [0, 0.1) is 13.8 Å². The summed E-state index contributed by atoms with van der Waals surface area (Å²) >= 11 is 1.23. The highest BCUT2D eigenvalue weighted by Gasteiger charge is 2.21. The zero-order chi connectivity index (χ0) is 24.4. The number of Topliss-reactive ketones (excluding diaryl/α,β-unsaturated/α-hetero) is 1. The van der Waals surface area contributed by atoms with Gasteiger partial charge in [0, 0.05) is 11.3 Å². The van der Waals surface area contributed by atoms with Crippen LogP contribution in [-0.2, 0) is 4.79 Å². The minimum absolute atomic E-state index is 0.0337. The number of thioether (sulfide) groups is 1. The van der Waals surface area contributed by atoms with Crippen LogP contribution in [0.2, 0.25) is 0 Å². The zero-order valence-corrected chi connectivity index (χ0v) is 20.3. The number of carbonyl (C=O) groups excluding carboxylic acids is 2. The van der Waals surface area contributed by atoms with Crippen molar-refractivity contribution in [2.45, 2.75) is 38.1 Å². The van der Waals surface area contributed by atoms with Gasteiger partial charge in [0.15, 0.2) is 10.9 Å². The van der Waals surface area contributed by atoms with Gasteiger partial charge in [-0.25, -0.2) is 4.98 Å². The standard InChI is InChI=1S/C27H25N3O3S/c1-16-9-10-17(2)24(15-16)30-26(33)22-7-5-6-8-23(22)29-27(30)34-19(4)25(32)28-21-13-11-20(12-14-21)18(3)31/h5-15,19H,1-4H3,(H,28,32). The maximum Gasteiger partial charge on any atom is 0.266 e. The SMILES string of the molecule is CC(=O)c1ccc(NC(=O)C(C)Sc2nc3ccccc3c(=O)n2-c2cc(C)ccc2C)cc1. The van der Waals surface area contributed by atoms with Gasteiger partial charge in [0.05, 0.1) is 21.8 Å². The molecule has 7 heteroatoms. The minimum atomic E-state index is -0.531. The number of nitrogens with zero attached hydrogens (tertiary/aromatic N) is 2. The molecule has 3 aromatic carbocycles. The summed E-state index contributed by atoms with van der Waals surface area (Å²) in [4.78, 5) is 42.7. The zero-order valence-electron chi connectivity index (χ0n) is 19.5. The average molecular weight is 472 g/mol. The van der Waals surface area contributed by atoms with Crippen LogP contribution in [-0.4, -0.2) is 26.5 Å². The summed E-state index contributed by atoms with van der Waals surface area (Å²) in [7, 11) is 0. The first-order valence-electron chi connectivity index (χ1n) is 10.9. The number of para-hydroxylation sites is 1. The quantitative estimate of drug-likeness (QED) is 0.234. The summed E-state index contributed by atoms with van der Waals surface area (Å²) in [6.45, 7) is 7.20. The molecule has 6 nitrogen and oxygen atoms in total. The van der Waals surface area contributed by atoms with Crippen molar-refractivity contribution in [3.05, 3.63) is 93.8 Å². The number of carbonyl (C=O) groups is 2. The fourth-order valence-electron chi connectivity index (χ4n) is 3.61. The molecule has 0 aliphatic carbocycles. The molecule has 1 unspecified atom stereocenters. The number of rotatable bonds is 6. The molecule has 0 aliphatic rings. The second kappa shape index (κ2) is 9.65. The van der Waals surface area contributed by atoms with Gasteiger partial charge < -0.3 is 5.32 Å². The second-order valence-corrected chi connectivity index (χ2v) is 9.53. The van der Waals surface area contributed by atoms with E-state index in [1.165, 1.54) is 18.7 Å². The van der Waals surface area contributed by atoms with Gasteiger partial charge in [-0.3, -0.25) is 19.0 Å². The van der Waals surface area contributed by atoms with Gasteiger partial charge in [-0.05, 0) is 81.3 Å². The number of aromatic nitrogens is 2. The molecule has 1 amide bonds. The molecule has 1 atom stereocenters. The molecule has 0 radical (unpaired) electrons. The molecular weight excluding hydrogens is 446 g/mol. The van der Waals surface area contributed by atoms with Gasteiger partial charge >= 0.3 is 0 Å². The van der Waals surface area contributed by atoms with Gasteiger partial charge in [-0.15, -0.1) is 0 Å². The third-order valence-electron chi connectivity index (χ3n) is 5.56. The predicted octanol–water partition coefficient (Wildman–Crippen LogP) is 5.32. The Morgan fingerprint density at radius 1 is 1.00 bits per heavy atom. The largest absolute Gasteiger partial charge is 0.325 e. The van der Waals surface area contributed by atoms with E-state index in [9.17, 15) is 14.4 Å². The summed E-state index contributed by atoms with van der Waals surface area (Å²) in [5.41, 5.74) is 4.31. The predicted molar refractivity (Wildman–Crippen MR) is 137 cm³/mol. The van der Waals surface area contributed by atoms with Crippen molar-refractivity contribution in [3.63, 3.8) is 0 Å². The Balaban J connectivity index is 1.70. The number of ketones is 1. The van der Waals surface area contributed by atoms with Crippen LogP contribution < -0.4 is 10.9 Å². The molecule has 0 saturated carbocycles. The highest BCUT2D eigenvalue weighted by molar-refractivity contribution is 8.00. The number of nitrogens with one attached hydrogen (secondary N) is 1. The maximum atomic E-state index is 13.5. The topological polar surface area (TPSA) is 81.1 Å². The molecular formula is C27H25N3O3S. The number of hydrogen-bond acceptors (Lipinski definition) is 5. The van der Waals surface area contributed by atoms with Gasteiger partial charge in [0.2, 0.25) is 5.91 Å². The fraction of sp³-hybridized carbons (Fsp3) is 0.185. The van der Waals surface area contributed by atoms with E-state index in [1.54, 1.807) is 47.9 Å². The third kappa shape index (κ3) is 4.79. The number of amides is 1. The van der Waals surface area contributed by atoms with E-state index in [1.807, 2.05) is 44.2 Å². The lowest BCUT2D eigenvalue weighted by Gasteiger charge is -2.18. The van der Waals surface area contributed by atoms with Crippen molar-refractivity contribution < 1.29 is 9.59 Å². The summed E-state index contributed by atoms with van der Waals surface area (Å²) in [5, 5.41) is 3.32. The molecule has 34 heavy (non-hydrogen) atoms. The number of fused-ring (bicyclic) bond motifs is 1. The van der Waals surface area contributed by atoms with E-state index in [4.69, 9.17) is 4.98 Å². The van der Waals surface area contributed by atoms with Crippen LogP contribution in [0.3, 0.4) is 0 Å². The summed E-state index contributed by atoms with van der Waals surface area (Å²) in [5.74, 6) is -0.260. The summed E-state index contributed by atoms with van der Waals surface area (Å²) in [6, 6.07) is 19.9. The molecule has 0 spiro atoms. The Hall–Kier alpha value is -3.71. The van der Waals surface area contributed by atoms with Crippen LogP contribution in [0.15, 0.2) is 76.7 Å². The Morgan fingerprint density at radius 3 is 2.41 bits per heavy atom. The Morgan fingerprint density at radius 2 is 1.71 bits per heavy atom. The van der Waals surface area contributed by atoms with E-state index < -0.39 is 5.25 Å². The molecule has 0 aliphatic heterocycles. The third-order valence-corrected chi connectivity index (χ3v) is 6.61. The maximum absolute atomic E-state index is 13.5. The first kappa shape index (κ1) is 23.4. The fourth-order valence-corrected chi connectivity index (χ4v) is 4.53. The number of anilines is 1. The molecule has 1 heterocycles. The smallest absolute Gasteiger partial charge is 0.266 e.